The van der Waals surface area contributed by atoms with Gasteiger partial charge in [-0.2, -0.15) is 0 Å². The molecule has 1 aromatic carbocycles. The van der Waals surface area contributed by atoms with Crippen LogP contribution >= 0.6 is 11.8 Å². The number of benzene rings is 1. The number of aliphatic hydroxyl groups excluding tert-OH is 1. The van der Waals surface area contributed by atoms with Crippen LogP contribution in [0.5, 0.6) is 0 Å². The minimum absolute atomic E-state index is 0.0271. The van der Waals surface area contributed by atoms with E-state index in [0.29, 0.717) is 4.91 Å². The average molecular weight is 363 g/mol. The van der Waals surface area contributed by atoms with Crippen molar-refractivity contribution in [3.05, 3.63) is 41.1 Å². The molecule has 25 heavy (non-hydrogen) atoms. The number of amides is 1. The number of nitrogens with zero attached hydrogens (tertiary/aromatic N) is 2. The van der Waals surface area contributed by atoms with Crippen LogP contribution in [0.15, 0.2) is 30.0 Å². The van der Waals surface area contributed by atoms with Crippen molar-refractivity contribution in [1.82, 2.24) is 4.90 Å². The first-order valence-corrected chi connectivity index (χ1v) is 9.03. The van der Waals surface area contributed by atoms with Crippen LogP contribution in [-0.4, -0.2) is 64.1 Å². The molecule has 0 radical (unpaired) electrons. The van der Waals surface area contributed by atoms with Crippen molar-refractivity contribution >= 4 is 28.5 Å². The number of carboxylic acids is 1. The second kappa shape index (κ2) is 6.16. The van der Waals surface area contributed by atoms with Crippen molar-refractivity contribution < 1.29 is 24.3 Å². The minimum atomic E-state index is -1.11. The summed E-state index contributed by atoms with van der Waals surface area (Å²) in [6, 6.07) is 7.80. The molecule has 3 atom stereocenters. The van der Waals surface area contributed by atoms with Gasteiger partial charge in [0.1, 0.15) is 17.6 Å². The van der Waals surface area contributed by atoms with Gasteiger partial charge in [-0.05, 0) is 18.6 Å². The maximum absolute atomic E-state index is 12.3. The van der Waals surface area contributed by atoms with E-state index < -0.39 is 18.0 Å². The summed E-state index contributed by atoms with van der Waals surface area (Å²) >= 11 is 1.36. The number of carbonyl (C=O) groups excluding carboxylic acids is 1. The fraction of sp³-hybridized carbons (Fsp3) is 0.444. The Bertz CT molecular complexity index is 767. The largest absolute Gasteiger partial charge is 0.477 e. The zero-order valence-corrected chi connectivity index (χ0v) is 15.6. The third kappa shape index (κ3) is 3.19. The van der Waals surface area contributed by atoms with E-state index in [9.17, 15) is 19.8 Å². The van der Waals surface area contributed by atoms with Gasteiger partial charge in [-0.15, -0.1) is 0 Å². The molecule has 0 unspecified atom stereocenters. The summed E-state index contributed by atoms with van der Waals surface area (Å²) in [5, 5.41) is 19.1. The molecular formula is C18H23N2O4S+. The van der Waals surface area contributed by atoms with E-state index >= 15 is 0 Å². The van der Waals surface area contributed by atoms with Gasteiger partial charge in [0.05, 0.1) is 33.2 Å². The van der Waals surface area contributed by atoms with Gasteiger partial charge in [0.15, 0.2) is 0 Å². The SMILES string of the molecule is C[C@@H](O)[C@H]1C(=O)N2C(C(=O)O)=C(c3cccc(C[N+](C)(C)C)c3)S[C@H]12. The molecule has 0 saturated carbocycles. The Labute approximate surface area is 151 Å². The monoisotopic (exact) mass is 363 g/mol. The maximum atomic E-state index is 12.3. The predicted molar refractivity (Wildman–Crippen MR) is 96.1 cm³/mol. The molecule has 2 aliphatic rings. The van der Waals surface area contributed by atoms with Gasteiger partial charge in [-0.1, -0.05) is 30.0 Å². The molecule has 1 aromatic rings. The smallest absolute Gasteiger partial charge is 0.353 e. The van der Waals surface area contributed by atoms with Gasteiger partial charge in [0.2, 0.25) is 5.91 Å². The molecule has 0 aromatic heterocycles. The Kier molecular flexibility index (Phi) is 4.43. The highest BCUT2D eigenvalue weighted by molar-refractivity contribution is 8.09. The molecule has 0 bridgehead atoms. The predicted octanol–water partition coefficient (Wildman–Crippen LogP) is 1.56. The number of carbonyl (C=O) groups is 2. The molecule has 6 nitrogen and oxygen atoms in total. The molecule has 0 spiro atoms. The van der Waals surface area contributed by atoms with Crippen molar-refractivity contribution in [3.63, 3.8) is 0 Å². The first-order chi connectivity index (χ1) is 11.6. The molecule has 2 heterocycles. The van der Waals surface area contributed by atoms with E-state index in [1.807, 2.05) is 24.3 Å². The maximum Gasteiger partial charge on any atom is 0.353 e. The number of carboxylic acid groups (broad SMARTS) is 1. The molecule has 0 aliphatic carbocycles. The van der Waals surface area contributed by atoms with Crippen molar-refractivity contribution in [1.29, 1.82) is 0 Å². The zero-order valence-electron chi connectivity index (χ0n) is 14.8. The quantitative estimate of drug-likeness (QED) is 0.613. The Morgan fingerprint density at radius 1 is 1.36 bits per heavy atom. The topological polar surface area (TPSA) is 77.8 Å². The van der Waals surface area contributed by atoms with Crippen LogP contribution in [0.25, 0.3) is 4.91 Å². The Balaban J connectivity index is 1.98. The van der Waals surface area contributed by atoms with Crippen LogP contribution in [0.1, 0.15) is 18.1 Å². The van der Waals surface area contributed by atoms with E-state index in [-0.39, 0.29) is 17.0 Å². The van der Waals surface area contributed by atoms with Gasteiger partial charge in [-0.3, -0.25) is 9.69 Å². The lowest BCUT2D eigenvalue weighted by Crippen LogP contribution is -2.60. The summed E-state index contributed by atoms with van der Waals surface area (Å²) in [5.74, 6) is -1.98. The Morgan fingerprint density at radius 2 is 2.04 bits per heavy atom. The first kappa shape index (κ1) is 18.0. The molecule has 3 rings (SSSR count). The number of fused-ring (bicyclic) bond motifs is 1. The number of aliphatic carboxylic acids is 1. The summed E-state index contributed by atoms with van der Waals surface area (Å²) < 4.78 is 0.763. The fourth-order valence-corrected chi connectivity index (χ4v) is 4.95. The average Bonchev–Trinajstić information content (AvgIpc) is 2.80. The van der Waals surface area contributed by atoms with Crippen LogP contribution < -0.4 is 0 Å². The first-order valence-electron chi connectivity index (χ1n) is 8.15. The molecule has 2 aliphatic heterocycles. The van der Waals surface area contributed by atoms with Crippen molar-refractivity contribution in [3.8, 4) is 0 Å². The summed E-state index contributed by atoms with van der Waals surface area (Å²) in [6.45, 7) is 2.39. The lowest BCUT2D eigenvalue weighted by atomic mass is 9.92. The van der Waals surface area contributed by atoms with Crippen LogP contribution in [0, 0.1) is 5.92 Å². The molecule has 7 heteroatoms. The van der Waals surface area contributed by atoms with Gasteiger partial charge in [0.25, 0.3) is 0 Å². The minimum Gasteiger partial charge on any atom is -0.477 e. The van der Waals surface area contributed by atoms with Crippen LogP contribution in [0.3, 0.4) is 0 Å². The summed E-state index contributed by atoms with van der Waals surface area (Å²) in [6.07, 6.45) is -0.792. The Hall–Kier alpha value is -1.83. The van der Waals surface area contributed by atoms with Gasteiger partial charge in [-0.25, -0.2) is 4.79 Å². The molecule has 2 N–H and O–H groups in total. The molecular weight excluding hydrogens is 340 g/mol. The molecule has 1 saturated heterocycles. The lowest BCUT2D eigenvalue weighted by molar-refractivity contribution is -0.884. The van der Waals surface area contributed by atoms with Crippen molar-refractivity contribution in [2.24, 2.45) is 5.92 Å². The number of quaternary nitrogens is 1. The van der Waals surface area contributed by atoms with Crippen LogP contribution in [-0.2, 0) is 16.1 Å². The van der Waals surface area contributed by atoms with Crippen LogP contribution in [0.4, 0.5) is 0 Å². The van der Waals surface area contributed by atoms with Gasteiger partial charge >= 0.3 is 5.97 Å². The van der Waals surface area contributed by atoms with E-state index in [1.54, 1.807) is 6.92 Å². The normalized spacial score (nSPS) is 24.2. The molecule has 1 amide bonds. The second-order valence-electron chi connectivity index (χ2n) is 7.61. The van der Waals surface area contributed by atoms with Gasteiger partial charge in [0, 0.05) is 10.5 Å². The number of thioether (sulfide) groups is 1. The number of hydrogen-bond acceptors (Lipinski definition) is 4. The highest BCUT2D eigenvalue weighted by Gasteiger charge is 2.57. The van der Waals surface area contributed by atoms with Gasteiger partial charge < -0.3 is 14.7 Å². The van der Waals surface area contributed by atoms with E-state index in [4.69, 9.17) is 0 Å². The van der Waals surface area contributed by atoms with E-state index in [2.05, 4.69) is 21.1 Å². The van der Waals surface area contributed by atoms with E-state index in [1.165, 1.54) is 16.7 Å². The second-order valence-corrected chi connectivity index (χ2v) is 8.74. The summed E-state index contributed by atoms with van der Waals surface area (Å²) in [5.41, 5.74) is 1.94. The molecule has 134 valence electrons. The summed E-state index contributed by atoms with van der Waals surface area (Å²) in [7, 11) is 6.28. The Morgan fingerprint density at radius 3 is 2.60 bits per heavy atom. The van der Waals surface area contributed by atoms with E-state index in [0.717, 1.165) is 22.2 Å². The standard InChI is InChI=1S/C18H22N2O4S/c1-10(21)13-16(22)19-14(18(23)24)15(25-17(13)19)12-7-5-6-11(8-12)9-20(2,3)4/h5-8,10,13,17,21H,9H2,1-4H3/p+1/t10-,13+,17-/m1/s1. The molecule has 1 fully saturated rings. The third-order valence-corrected chi connectivity index (χ3v) is 5.76. The number of aliphatic hydroxyl groups is 1. The number of β-lactam (4-membered cyclic amide) rings is 1. The fourth-order valence-electron chi connectivity index (χ4n) is 3.34. The third-order valence-electron chi connectivity index (χ3n) is 4.35. The highest BCUT2D eigenvalue weighted by atomic mass is 32.2. The summed E-state index contributed by atoms with van der Waals surface area (Å²) in [4.78, 5) is 26.0. The lowest BCUT2D eigenvalue weighted by Gasteiger charge is -2.43. The highest BCUT2D eigenvalue weighted by Crippen LogP contribution is 2.53. The zero-order chi connectivity index (χ0) is 18.5. The number of rotatable bonds is 5. The number of hydrogen-bond donors (Lipinski definition) is 2. The van der Waals surface area contributed by atoms with Crippen LogP contribution in [0.2, 0.25) is 0 Å². The van der Waals surface area contributed by atoms with Crippen molar-refractivity contribution in [2.45, 2.75) is 24.9 Å². The van der Waals surface area contributed by atoms with Crippen molar-refractivity contribution in [2.75, 3.05) is 21.1 Å².